The quantitative estimate of drug-likeness (QED) is 0.668. The minimum absolute atomic E-state index is 0.189. The molecule has 0 unspecified atom stereocenters. The van der Waals surface area contributed by atoms with Crippen molar-refractivity contribution in [3.63, 3.8) is 0 Å². The summed E-state index contributed by atoms with van der Waals surface area (Å²) in [4.78, 5) is 16.4. The molecular weight excluding hydrogens is 306 g/mol. The summed E-state index contributed by atoms with van der Waals surface area (Å²) in [5, 5.41) is 0.939. The van der Waals surface area contributed by atoms with Gasteiger partial charge < -0.3 is 4.42 Å². The number of carbonyl (C=O) groups is 1. The van der Waals surface area contributed by atoms with Crippen molar-refractivity contribution in [3.8, 4) is 0 Å². The van der Waals surface area contributed by atoms with Crippen molar-refractivity contribution in [1.82, 2.24) is 4.98 Å². The standard InChI is InChI=1S/C15H10BrNO2/c1-9-11-8-10(16)5-6-13(11)19-15(9)14(18)12-4-2-3-7-17-12/h2-8H,1H3. The predicted octanol–water partition coefficient (Wildman–Crippen LogP) is 4.13. The second-order valence-electron chi connectivity index (χ2n) is 4.24. The topological polar surface area (TPSA) is 43.1 Å². The zero-order chi connectivity index (χ0) is 13.4. The molecule has 0 saturated carbocycles. The number of fused-ring (bicyclic) bond motifs is 1. The van der Waals surface area contributed by atoms with Gasteiger partial charge in [-0.25, -0.2) is 0 Å². The van der Waals surface area contributed by atoms with Crippen molar-refractivity contribution in [2.45, 2.75) is 6.92 Å². The Bertz CT molecular complexity index is 762. The molecule has 3 aromatic rings. The molecule has 4 heteroatoms. The number of nitrogens with zero attached hydrogens (tertiary/aromatic N) is 1. The first-order valence-electron chi connectivity index (χ1n) is 5.81. The maximum atomic E-state index is 12.4. The second kappa shape index (κ2) is 4.63. The van der Waals surface area contributed by atoms with E-state index in [0.29, 0.717) is 17.0 Å². The van der Waals surface area contributed by atoms with Crippen molar-refractivity contribution in [3.05, 3.63) is 64.1 Å². The van der Waals surface area contributed by atoms with Crippen molar-refractivity contribution in [2.75, 3.05) is 0 Å². The van der Waals surface area contributed by atoms with Gasteiger partial charge >= 0.3 is 0 Å². The van der Waals surface area contributed by atoms with Crippen LogP contribution in [-0.2, 0) is 0 Å². The van der Waals surface area contributed by atoms with Crippen LogP contribution in [0.1, 0.15) is 21.8 Å². The molecule has 0 aliphatic heterocycles. The van der Waals surface area contributed by atoms with Crippen LogP contribution in [0.2, 0.25) is 0 Å². The molecule has 1 aromatic carbocycles. The van der Waals surface area contributed by atoms with Gasteiger partial charge in [0.25, 0.3) is 0 Å². The predicted molar refractivity (Wildman–Crippen MR) is 76.3 cm³/mol. The van der Waals surface area contributed by atoms with E-state index in [2.05, 4.69) is 20.9 Å². The SMILES string of the molecule is Cc1c(C(=O)c2ccccn2)oc2ccc(Br)cc12. The van der Waals surface area contributed by atoms with Gasteiger partial charge in [-0.2, -0.15) is 0 Å². The molecule has 0 spiro atoms. The van der Waals surface area contributed by atoms with Gasteiger partial charge in [0.15, 0.2) is 5.76 Å². The highest BCUT2D eigenvalue weighted by molar-refractivity contribution is 9.10. The molecule has 94 valence electrons. The van der Waals surface area contributed by atoms with Crippen molar-refractivity contribution >= 4 is 32.7 Å². The molecule has 0 atom stereocenters. The Kier molecular flexibility index (Phi) is 2.95. The van der Waals surface area contributed by atoms with Gasteiger partial charge in [-0.3, -0.25) is 9.78 Å². The van der Waals surface area contributed by atoms with Crippen molar-refractivity contribution < 1.29 is 9.21 Å². The van der Waals surface area contributed by atoms with E-state index in [4.69, 9.17) is 4.42 Å². The fourth-order valence-electron chi connectivity index (χ4n) is 2.02. The van der Waals surface area contributed by atoms with E-state index in [1.807, 2.05) is 25.1 Å². The molecule has 0 N–H and O–H groups in total. The first-order valence-corrected chi connectivity index (χ1v) is 6.60. The van der Waals surface area contributed by atoms with E-state index < -0.39 is 0 Å². The monoisotopic (exact) mass is 315 g/mol. The van der Waals surface area contributed by atoms with E-state index >= 15 is 0 Å². The van der Waals surface area contributed by atoms with Crippen LogP contribution in [0.15, 0.2) is 51.5 Å². The molecule has 0 bridgehead atoms. The Morgan fingerprint density at radius 2 is 2.11 bits per heavy atom. The molecule has 2 heterocycles. The summed E-state index contributed by atoms with van der Waals surface area (Å²) in [6, 6.07) is 10.9. The van der Waals surface area contributed by atoms with Crippen LogP contribution in [0.4, 0.5) is 0 Å². The number of carbonyl (C=O) groups excluding carboxylic acids is 1. The second-order valence-corrected chi connectivity index (χ2v) is 5.16. The van der Waals surface area contributed by atoms with Crippen molar-refractivity contribution in [1.29, 1.82) is 0 Å². The fourth-order valence-corrected chi connectivity index (χ4v) is 2.38. The number of aromatic nitrogens is 1. The number of hydrogen-bond acceptors (Lipinski definition) is 3. The zero-order valence-electron chi connectivity index (χ0n) is 10.2. The maximum Gasteiger partial charge on any atom is 0.246 e. The van der Waals surface area contributed by atoms with Gasteiger partial charge in [0.2, 0.25) is 5.78 Å². The fraction of sp³-hybridized carbons (Fsp3) is 0.0667. The Hall–Kier alpha value is -1.94. The third-order valence-electron chi connectivity index (χ3n) is 3.00. The Morgan fingerprint density at radius 1 is 1.26 bits per heavy atom. The number of hydrogen-bond donors (Lipinski definition) is 0. The van der Waals surface area contributed by atoms with Gasteiger partial charge in [-0.1, -0.05) is 22.0 Å². The number of halogens is 1. The smallest absolute Gasteiger partial charge is 0.246 e. The molecule has 3 nitrogen and oxygen atoms in total. The number of benzene rings is 1. The average Bonchev–Trinajstić information content (AvgIpc) is 2.76. The number of ketones is 1. The van der Waals surface area contributed by atoms with Crippen LogP contribution in [0.3, 0.4) is 0 Å². The summed E-state index contributed by atoms with van der Waals surface area (Å²) in [7, 11) is 0. The van der Waals surface area contributed by atoms with Crippen LogP contribution in [0.25, 0.3) is 11.0 Å². The molecule has 0 radical (unpaired) electrons. The minimum Gasteiger partial charge on any atom is -0.452 e. The average molecular weight is 316 g/mol. The van der Waals surface area contributed by atoms with Gasteiger partial charge in [0.1, 0.15) is 11.3 Å². The molecule has 2 aromatic heterocycles. The molecule has 0 saturated heterocycles. The molecule has 0 fully saturated rings. The lowest BCUT2D eigenvalue weighted by Gasteiger charge is -1.97. The Labute approximate surface area is 118 Å². The summed E-state index contributed by atoms with van der Waals surface area (Å²) in [5.41, 5.74) is 1.94. The van der Waals surface area contributed by atoms with Gasteiger partial charge in [-0.05, 0) is 37.3 Å². The van der Waals surface area contributed by atoms with E-state index in [1.54, 1.807) is 24.4 Å². The highest BCUT2D eigenvalue weighted by atomic mass is 79.9. The van der Waals surface area contributed by atoms with E-state index in [9.17, 15) is 4.79 Å². The van der Waals surface area contributed by atoms with Gasteiger partial charge in [-0.15, -0.1) is 0 Å². The van der Waals surface area contributed by atoms with Crippen LogP contribution in [0.5, 0.6) is 0 Å². The zero-order valence-corrected chi connectivity index (χ0v) is 11.8. The number of rotatable bonds is 2. The lowest BCUT2D eigenvalue weighted by atomic mass is 10.1. The molecule has 3 rings (SSSR count). The van der Waals surface area contributed by atoms with Crippen LogP contribution < -0.4 is 0 Å². The van der Waals surface area contributed by atoms with E-state index in [0.717, 1.165) is 15.4 Å². The molecule has 0 aliphatic carbocycles. The first kappa shape index (κ1) is 12.1. The number of furan rings is 1. The third kappa shape index (κ3) is 2.08. The lowest BCUT2D eigenvalue weighted by molar-refractivity contribution is 0.101. The number of pyridine rings is 1. The van der Waals surface area contributed by atoms with Crippen LogP contribution >= 0.6 is 15.9 Å². The van der Waals surface area contributed by atoms with Crippen LogP contribution in [0, 0.1) is 6.92 Å². The first-order chi connectivity index (χ1) is 9.16. The van der Waals surface area contributed by atoms with E-state index in [-0.39, 0.29) is 5.78 Å². The third-order valence-corrected chi connectivity index (χ3v) is 3.50. The lowest BCUT2D eigenvalue weighted by Crippen LogP contribution is -2.03. The van der Waals surface area contributed by atoms with Crippen LogP contribution in [-0.4, -0.2) is 10.8 Å². The highest BCUT2D eigenvalue weighted by Gasteiger charge is 2.19. The molecule has 0 aliphatic rings. The molecular formula is C15H10BrNO2. The molecule has 19 heavy (non-hydrogen) atoms. The minimum atomic E-state index is -0.189. The van der Waals surface area contributed by atoms with Gasteiger partial charge in [0.05, 0.1) is 0 Å². The summed E-state index contributed by atoms with van der Waals surface area (Å²) in [5.74, 6) is 0.164. The van der Waals surface area contributed by atoms with Gasteiger partial charge in [0, 0.05) is 21.6 Å². The van der Waals surface area contributed by atoms with Crippen molar-refractivity contribution in [2.24, 2.45) is 0 Å². The highest BCUT2D eigenvalue weighted by Crippen LogP contribution is 2.29. The summed E-state index contributed by atoms with van der Waals surface area (Å²) < 4.78 is 6.62. The van der Waals surface area contributed by atoms with E-state index in [1.165, 1.54) is 0 Å². The Balaban J connectivity index is 2.16. The summed E-state index contributed by atoms with van der Waals surface area (Å²) in [6.07, 6.45) is 1.60. The Morgan fingerprint density at radius 3 is 2.84 bits per heavy atom. The molecule has 0 amide bonds. The normalized spacial score (nSPS) is 10.8. The number of aryl methyl sites for hydroxylation is 1. The maximum absolute atomic E-state index is 12.4. The summed E-state index contributed by atoms with van der Waals surface area (Å²) >= 11 is 3.42. The largest absolute Gasteiger partial charge is 0.452 e. The summed E-state index contributed by atoms with van der Waals surface area (Å²) in [6.45, 7) is 1.88.